The third kappa shape index (κ3) is 1.97. The molecule has 0 aliphatic heterocycles. The second kappa shape index (κ2) is 4.57. The molecule has 19 heavy (non-hydrogen) atoms. The second-order valence-corrected chi connectivity index (χ2v) is 4.19. The number of aromatic nitrogens is 2. The van der Waals surface area contributed by atoms with E-state index in [-0.39, 0.29) is 0 Å². The molecule has 4 nitrogen and oxygen atoms in total. The van der Waals surface area contributed by atoms with E-state index < -0.39 is 0 Å². The number of rotatable bonds is 3. The second-order valence-electron chi connectivity index (χ2n) is 4.19. The van der Waals surface area contributed by atoms with Crippen molar-refractivity contribution in [3.63, 3.8) is 0 Å². The predicted molar refractivity (Wildman–Crippen MR) is 72.6 cm³/mol. The van der Waals surface area contributed by atoms with Crippen molar-refractivity contribution in [1.82, 2.24) is 9.38 Å². The summed E-state index contributed by atoms with van der Waals surface area (Å²) in [5, 5.41) is 0. The van der Waals surface area contributed by atoms with Gasteiger partial charge in [-0.05, 0) is 24.3 Å². The molecule has 3 rings (SSSR count). The maximum absolute atomic E-state index is 10.9. The molecule has 4 heteroatoms. The van der Waals surface area contributed by atoms with Gasteiger partial charge in [0.15, 0.2) is 6.29 Å². The molecule has 0 bridgehead atoms. The Bertz CT molecular complexity index is 747. The molecule has 0 aliphatic rings. The SMILES string of the molecule is COc1cccc(-c2ncc3ccc(C=O)cn23)c1. The molecule has 2 heterocycles. The molecule has 94 valence electrons. The van der Waals surface area contributed by atoms with Crippen LogP contribution in [0.2, 0.25) is 0 Å². The van der Waals surface area contributed by atoms with Crippen molar-refractivity contribution in [2.45, 2.75) is 0 Å². The zero-order valence-corrected chi connectivity index (χ0v) is 10.4. The summed E-state index contributed by atoms with van der Waals surface area (Å²) >= 11 is 0. The third-order valence-corrected chi connectivity index (χ3v) is 3.01. The van der Waals surface area contributed by atoms with Crippen LogP contribution < -0.4 is 4.74 Å². The van der Waals surface area contributed by atoms with E-state index >= 15 is 0 Å². The molecule has 0 aliphatic carbocycles. The Hall–Kier alpha value is -2.62. The fourth-order valence-corrected chi connectivity index (χ4v) is 2.05. The normalized spacial score (nSPS) is 10.6. The first-order chi connectivity index (χ1) is 9.31. The molecule has 0 fully saturated rings. The molecule has 2 aromatic heterocycles. The first kappa shape index (κ1) is 11.5. The van der Waals surface area contributed by atoms with Crippen molar-refractivity contribution in [2.24, 2.45) is 0 Å². The van der Waals surface area contributed by atoms with Gasteiger partial charge in [-0.3, -0.25) is 9.20 Å². The molecule has 1 aromatic carbocycles. The lowest BCUT2D eigenvalue weighted by Gasteiger charge is -2.04. The summed E-state index contributed by atoms with van der Waals surface area (Å²) in [4.78, 5) is 15.3. The number of carbonyl (C=O) groups is 1. The standard InChI is InChI=1S/C15H12N2O2/c1-19-14-4-2-3-12(7-14)15-16-8-13-6-5-11(10-18)9-17(13)15/h2-10H,1H3. The Kier molecular flexibility index (Phi) is 2.76. The number of fused-ring (bicyclic) bond motifs is 1. The van der Waals surface area contributed by atoms with Crippen LogP contribution in [0.5, 0.6) is 5.75 Å². The van der Waals surface area contributed by atoms with Crippen molar-refractivity contribution in [1.29, 1.82) is 0 Å². The number of hydrogen-bond donors (Lipinski definition) is 0. The molecular formula is C15H12N2O2. The fraction of sp³-hybridized carbons (Fsp3) is 0.0667. The van der Waals surface area contributed by atoms with E-state index in [0.717, 1.165) is 28.9 Å². The molecule has 0 atom stereocenters. The van der Waals surface area contributed by atoms with Crippen LogP contribution >= 0.6 is 0 Å². The van der Waals surface area contributed by atoms with E-state index in [2.05, 4.69) is 4.98 Å². The third-order valence-electron chi connectivity index (χ3n) is 3.01. The molecule has 0 saturated carbocycles. The molecule has 3 aromatic rings. The van der Waals surface area contributed by atoms with Gasteiger partial charge in [-0.1, -0.05) is 12.1 Å². The first-order valence-electron chi connectivity index (χ1n) is 5.88. The number of ether oxygens (including phenoxy) is 1. The van der Waals surface area contributed by atoms with Crippen LogP contribution in [-0.2, 0) is 0 Å². The summed E-state index contributed by atoms with van der Waals surface area (Å²) in [6.07, 6.45) is 4.39. The van der Waals surface area contributed by atoms with Gasteiger partial charge in [0.25, 0.3) is 0 Å². The summed E-state index contributed by atoms with van der Waals surface area (Å²) in [5.41, 5.74) is 2.51. The zero-order valence-electron chi connectivity index (χ0n) is 10.4. The number of nitrogens with zero attached hydrogens (tertiary/aromatic N) is 2. The number of aldehydes is 1. The first-order valence-corrected chi connectivity index (χ1v) is 5.88. The number of hydrogen-bond acceptors (Lipinski definition) is 3. The van der Waals surface area contributed by atoms with Gasteiger partial charge in [0, 0.05) is 17.3 Å². The Labute approximate surface area is 110 Å². The minimum Gasteiger partial charge on any atom is -0.497 e. The van der Waals surface area contributed by atoms with E-state index in [1.54, 1.807) is 25.6 Å². The van der Waals surface area contributed by atoms with Gasteiger partial charge < -0.3 is 4.74 Å². The number of benzene rings is 1. The zero-order chi connectivity index (χ0) is 13.2. The van der Waals surface area contributed by atoms with Crippen LogP contribution in [0.1, 0.15) is 10.4 Å². The van der Waals surface area contributed by atoms with Crippen LogP contribution in [0.25, 0.3) is 16.9 Å². The monoisotopic (exact) mass is 252 g/mol. The van der Waals surface area contributed by atoms with E-state index in [1.807, 2.05) is 34.7 Å². The maximum atomic E-state index is 10.9. The summed E-state index contributed by atoms with van der Waals surface area (Å²) in [5.74, 6) is 1.57. The number of methoxy groups -OCH3 is 1. The Morgan fingerprint density at radius 1 is 1.26 bits per heavy atom. The summed E-state index contributed by atoms with van der Waals surface area (Å²) in [6, 6.07) is 11.3. The molecular weight excluding hydrogens is 240 g/mol. The summed E-state index contributed by atoms with van der Waals surface area (Å²) in [7, 11) is 1.63. The van der Waals surface area contributed by atoms with Crippen molar-refractivity contribution in [3.8, 4) is 17.1 Å². The van der Waals surface area contributed by atoms with Crippen molar-refractivity contribution in [3.05, 3.63) is 54.4 Å². The van der Waals surface area contributed by atoms with Crippen LogP contribution in [-0.4, -0.2) is 22.8 Å². The highest BCUT2D eigenvalue weighted by atomic mass is 16.5. The van der Waals surface area contributed by atoms with E-state index in [0.29, 0.717) is 5.56 Å². The lowest BCUT2D eigenvalue weighted by molar-refractivity contribution is 0.112. The maximum Gasteiger partial charge on any atom is 0.151 e. The van der Waals surface area contributed by atoms with Crippen molar-refractivity contribution in [2.75, 3.05) is 7.11 Å². The minimum absolute atomic E-state index is 0.620. The number of pyridine rings is 1. The van der Waals surface area contributed by atoms with Crippen molar-refractivity contribution < 1.29 is 9.53 Å². The van der Waals surface area contributed by atoms with Gasteiger partial charge in [-0.15, -0.1) is 0 Å². The molecule has 0 amide bonds. The van der Waals surface area contributed by atoms with Gasteiger partial charge in [0.2, 0.25) is 0 Å². The van der Waals surface area contributed by atoms with E-state index in [1.165, 1.54) is 0 Å². The predicted octanol–water partition coefficient (Wildman–Crippen LogP) is 2.82. The van der Waals surface area contributed by atoms with E-state index in [9.17, 15) is 4.79 Å². The molecule has 0 spiro atoms. The lowest BCUT2D eigenvalue weighted by Crippen LogP contribution is -1.92. The topological polar surface area (TPSA) is 43.6 Å². The van der Waals surface area contributed by atoms with Crippen molar-refractivity contribution >= 4 is 11.8 Å². The Morgan fingerprint density at radius 3 is 2.95 bits per heavy atom. The van der Waals surface area contributed by atoms with Crippen LogP contribution in [0, 0.1) is 0 Å². The highest BCUT2D eigenvalue weighted by Gasteiger charge is 2.07. The quantitative estimate of drug-likeness (QED) is 0.673. The van der Waals surface area contributed by atoms with Crippen LogP contribution in [0.15, 0.2) is 48.8 Å². The largest absolute Gasteiger partial charge is 0.497 e. The van der Waals surface area contributed by atoms with Gasteiger partial charge in [0.1, 0.15) is 11.6 Å². The van der Waals surface area contributed by atoms with Gasteiger partial charge in [-0.25, -0.2) is 4.98 Å². The molecule has 0 N–H and O–H groups in total. The summed E-state index contributed by atoms with van der Waals surface area (Å²) in [6.45, 7) is 0. The smallest absolute Gasteiger partial charge is 0.151 e. The highest BCUT2D eigenvalue weighted by Crippen LogP contribution is 2.23. The summed E-state index contributed by atoms with van der Waals surface area (Å²) < 4.78 is 7.12. The number of carbonyl (C=O) groups excluding carboxylic acids is 1. The van der Waals surface area contributed by atoms with Crippen LogP contribution in [0.3, 0.4) is 0 Å². The highest BCUT2D eigenvalue weighted by molar-refractivity contribution is 5.76. The number of imidazole rings is 1. The average Bonchev–Trinajstić information content (AvgIpc) is 2.90. The van der Waals surface area contributed by atoms with Crippen LogP contribution in [0.4, 0.5) is 0 Å². The van der Waals surface area contributed by atoms with Gasteiger partial charge in [-0.2, -0.15) is 0 Å². The minimum atomic E-state index is 0.620. The Balaban J connectivity index is 2.20. The van der Waals surface area contributed by atoms with E-state index in [4.69, 9.17) is 4.74 Å². The molecule has 0 saturated heterocycles. The molecule has 0 unspecified atom stereocenters. The average molecular weight is 252 g/mol. The molecule has 0 radical (unpaired) electrons. The van der Waals surface area contributed by atoms with Gasteiger partial charge >= 0.3 is 0 Å². The fourth-order valence-electron chi connectivity index (χ4n) is 2.05. The Morgan fingerprint density at radius 2 is 2.16 bits per heavy atom. The van der Waals surface area contributed by atoms with Gasteiger partial charge in [0.05, 0.1) is 18.8 Å². The lowest BCUT2D eigenvalue weighted by atomic mass is 10.2.